The Bertz CT molecular complexity index is 754. The predicted octanol–water partition coefficient (Wildman–Crippen LogP) is 0.832. The molecule has 0 bridgehead atoms. The summed E-state index contributed by atoms with van der Waals surface area (Å²) in [5.74, 6) is -0.0199. The summed E-state index contributed by atoms with van der Waals surface area (Å²) >= 11 is 1.35. The van der Waals surface area contributed by atoms with E-state index < -0.39 is 11.2 Å². The van der Waals surface area contributed by atoms with E-state index in [4.69, 9.17) is 0 Å². The summed E-state index contributed by atoms with van der Waals surface area (Å²) in [7, 11) is 0. The first kappa shape index (κ1) is 14.5. The molecule has 0 fully saturated rings. The molecule has 108 valence electrons. The third-order valence-corrected chi connectivity index (χ3v) is 3.77. The Kier molecular flexibility index (Phi) is 4.08. The molecule has 1 amide bonds. The second-order valence-electron chi connectivity index (χ2n) is 5.12. The Morgan fingerprint density at radius 1 is 1.45 bits per heavy atom. The van der Waals surface area contributed by atoms with Crippen molar-refractivity contribution in [2.24, 2.45) is 5.92 Å². The number of aromatic nitrogens is 2. The quantitative estimate of drug-likeness (QED) is 0.876. The fourth-order valence-electron chi connectivity index (χ4n) is 1.83. The zero-order chi connectivity index (χ0) is 14.9. The third kappa shape index (κ3) is 2.98. The van der Waals surface area contributed by atoms with Crippen LogP contribution in [0.15, 0.2) is 15.7 Å². The molecular formula is C13H17N3O3S. The summed E-state index contributed by atoms with van der Waals surface area (Å²) < 4.78 is 0.935. The van der Waals surface area contributed by atoms with Crippen LogP contribution in [0.4, 0.5) is 0 Å². The van der Waals surface area contributed by atoms with E-state index in [0.29, 0.717) is 22.7 Å². The van der Waals surface area contributed by atoms with Crippen LogP contribution in [0.1, 0.15) is 18.7 Å². The normalized spacial score (nSPS) is 11.2. The Morgan fingerprint density at radius 3 is 2.80 bits per heavy atom. The molecule has 0 atom stereocenters. The van der Waals surface area contributed by atoms with Gasteiger partial charge >= 0.3 is 5.69 Å². The number of thiophene rings is 1. The van der Waals surface area contributed by atoms with Crippen LogP contribution in [0.25, 0.3) is 10.2 Å². The fraction of sp³-hybridized carbons (Fsp3) is 0.462. The largest absolute Gasteiger partial charge is 0.354 e. The molecule has 20 heavy (non-hydrogen) atoms. The average molecular weight is 295 g/mol. The van der Waals surface area contributed by atoms with Gasteiger partial charge in [-0.3, -0.25) is 19.1 Å². The highest BCUT2D eigenvalue weighted by Gasteiger charge is 2.12. The number of fused-ring (bicyclic) bond motifs is 1. The van der Waals surface area contributed by atoms with Gasteiger partial charge in [-0.25, -0.2) is 4.79 Å². The van der Waals surface area contributed by atoms with Gasteiger partial charge in [0.15, 0.2) is 0 Å². The highest BCUT2D eigenvalue weighted by Crippen LogP contribution is 2.18. The smallest absolute Gasteiger partial charge is 0.329 e. The summed E-state index contributed by atoms with van der Waals surface area (Å²) in [6.45, 7) is 6.07. The zero-order valence-electron chi connectivity index (χ0n) is 11.6. The topological polar surface area (TPSA) is 84.0 Å². The van der Waals surface area contributed by atoms with Crippen molar-refractivity contribution in [3.8, 4) is 0 Å². The molecule has 0 aliphatic heterocycles. The summed E-state index contributed by atoms with van der Waals surface area (Å²) in [5, 5.41) is 3.14. The Morgan fingerprint density at radius 2 is 2.15 bits per heavy atom. The first-order valence-corrected chi connectivity index (χ1v) is 7.20. The van der Waals surface area contributed by atoms with Crippen LogP contribution >= 0.6 is 11.3 Å². The molecule has 0 aromatic carbocycles. The van der Waals surface area contributed by atoms with Gasteiger partial charge in [-0.15, -0.1) is 11.3 Å². The fourth-order valence-corrected chi connectivity index (χ4v) is 2.72. The van der Waals surface area contributed by atoms with Gasteiger partial charge in [0.05, 0.1) is 5.39 Å². The van der Waals surface area contributed by atoms with E-state index >= 15 is 0 Å². The number of H-pyrrole nitrogens is 1. The molecule has 0 unspecified atom stereocenters. The molecule has 7 heteroatoms. The number of rotatable bonds is 4. The van der Waals surface area contributed by atoms with E-state index in [1.54, 1.807) is 6.07 Å². The molecule has 0 saturated heterocycles. The van der Waals surface area contributed by atoms with E-state index in [2.05, 4.69) is 10.3 Å². The van der Waals surface area contributed by atoms with Gasteiger partial charge in [0.2, 0.25) is 5.91 Å². The average Bonchev–Trinajstić information content (AvgIpc) is 2.72. The third-order valence-electron chi connectivity index (χ3n) is 2.81. The van der Waals surface area contributed by atoms with Gasteiger partial charge in [-0.2, -0.15) is 0 Å². The molecule has 2 aromatic heterocycles. The van der Waals surface area contributed by atoms with Crippen LogP contribution in [0.2, 0.25) is 0 Å². The van der Waals surface area contributed by atoms with Gasteiger partial charge in [0, 0.05) is 11.4 Å². The maximum absolute atomic E-state index is 12.2. The summed E-state index contributed by atoms with van der Waals surface area (Å²) in [4.78, 5) is 39.9. The number of nitrogens with zero attached hydrogens (tertiary/aromatic N) is 1. The van der Waals surface area contributed by atoms with E-state index in [0.717, 1.165) is 9.44 Å². The molecule has 0 spiro atoms. The molecule has 2 N–H and O–H groups in total. The lowest BCUT2D eigenvalue weighted by molar-refractivity contribution is -0.121. The van der Waals surface area contributed by atoms with E-state index in [-0.39, 0.29) is 12.5 Å². The van der Waals surface area contributed by atoms with Crippen molar-refractivity contribution < 1.29 is 4.79 Å². The van der Waals surface area contributed by atoms with Crippen LogP contribution in [0.5, 0.6) is 0 Å². The number of carbonyl (C=O) groups is 1. The minimum atomic E-state index is -0.552. The lowest BCUT2D eigenvalue weighted by Crippen LogP contribution is -2.41. The van der Waals surface area contributed by atoms with Gasteiger partial charge in [0.1, 0.15) is 11.4 Å². The lowest BCUT2D eigenvalue weighted by Gasteiger charge is -2.08. The summed E-state index contributed by atoms with van der Waals surface area (Å²) in [6.07, 6.45) is 0. The maximum atomic E-state index is 12.2. The van der Waals surface area contributed by atoms with Crippen molar-refractivity contribution in [2.45, 2.75) is 27.3 Å². The second-order valence-corrected chi connectivity index (χ2v) is 6.38. The van der Waals surface area contributed by atoms with Gasteiger partial charge in [-0.05, 0) is 18.9 Å². The lowest BCUT2D eigenvalue weighted by atomic mass is 10.2. The summed E-state index contributed by atoms with van der Waals surface area (Å²) in [6, 6.07) is 1.72. The van der Waals surface area contributed by atoms with Crippen LogP contribution in [0.3, 0.4) is 0 Å². The highest BCUT2D eigenvalue weighted by atomic mass is 32.1. The monoisotopic (exact) mass is 295 g/mol. The molecular weight excluding hydrogens is 278 g/mol. The van der Waals surface area contributed by atoms with E-state index in [9.17, 15) is 14.4 Å². The van der Waals surface area contributed by atoms with Crippen molar-refractivity contribution in [1.82, 2.24) is 14.9 Å². The maximum Gasteiger partial charge on any atom is 0.329 e. The van der Waals surface area contributed by atoms with Crippen LogP contribution < -0.4 is 16.6 Å². The molecule has 2 heterocycles. The number of nitrogens with one attached hydrogen (secondary N) is 2. The highest BCUT2D eigenvalue weighted by molar-refractivity contribution is 7.18. The van der Waals surface area contributed by atoms with Crippen LogP contribution in [-0.4, -0.2) is 22.0 Å². The van der Waals surface area contributed by atoms with Gasteiger partial charge in [0.25, 0.3) is 5.56 Å². The second kappa shape index (κ2) is 5.62. The Balaban J connectivity index is 2.32. The predicted molar refractivity (Wildman–Crippen MR) is 79.3 cm³/mol. The number of hydrogen-bond acceptors (Lipinski definition) is 4. The number of aryl methyl sites for hydroxylation is 1. The van der Waals surface area contributed by atoms with Crippen LogP contribution in [-0.2, 0) is 11.3 Å². The van der Waals surface area contributed by atoms with Gasteiger partial charge < -0.3 is 5.32 Å². The molecule has 2 aromatic rings. The molecule has 2 rings (SSSR count). The molecule has 0 aliphatic rings. The number of hydrogen-bond donors (Lipinski definition) is 2. The Labute approximate surface area is 119 Å². The molecule has 0 aliphatic carbocycles. The van der Waals surface area contributed by atoms with Crippen LogP contribution in [0, 0.1) is 12.8 Å². The number of amides is 1. The Hall–Kier alpha value is -1.89. The minimum Gasteiger partial charge on any atom is -0.354 e. The van der Waals surface area contributed by atoms with Crippen molar-refractivity contribution in [2.75, 3.05) is 6.54 Å². The van der Waals surface area contributed by atoms with Crippen molar-refractivity contribution in [3.05, 3.63) is 31.8 Å². The SMILES string of the molecule is Cc1cc2c(=O)n(CC(=O)NCC(C)C)c(=O)[nH]c2s1. The zero-order valence-corrected chi connectivity index (χ0v) is 12.5. The van der Waals surface area contributed by atoms with Crippen molar-refractivity contribution >= 4 is 27.5 Å². The molecule has 0 saturated carbocycles. The number of aromatic amines is 1. The number of carbonyl (C=O) groups excluding carboxylic acids is 1. The van der Waals surface area contributed by atoms with Crippen molar-refractivity contribution in [1.29, 1.82) is 0 Å². The van der Waals surface area contributed by atoms with E-state index in [1.807, 2.05) is 20.8 Å². The van der Waals surface area contributed by atoms with Crippen molar-refractivity contribution in [3.63, 3.8) is 0 Å². The van der Waals surface area contributed by atoms with E-state index in [1.165, 1.54) is 11.3 Å². The standard InChI is InChI=1S/C13H17N3O3S/c1-7(2)5-14-10(17)6-16-12(18)9-4-8(3)20-11(9)15-13(16)19/h4,7H,5-6H2,1-3H3,(H,14,17)(H,15,19). The minimum absolute atomic E-state index is 0.258. The molecule has 6 nitrogen and oxygen atoms in total. The van der Waals surface area contributed by atoms with Gasteiger partial charge in [-0.1, -0.05) is 13.8 Å². The first-order chi connectivity index (χ1) is 9.38. The summed E-state index contributed by atoms with van der Waals surface area (Å²) in [5.41, 5.74) is -0.975. The molecule has 0 radical (unpaired) electrons. The first-order valence-electron chi connectivity index (χ1n) is 6.38.